The SMILES string of the molecule is CCCC[N+]1(SC#N)C=CN(C)C1. The van der Waals surface area contributed by atoms with Crippen LogP contribution in [0.15, 0.2) is 12.4 Å². The lowest BCUT2D eigenvalue weighted by atomic mass is 10.3. The smallest absolute Gasteiger partial charge is 0.202 e. The second-order valence-corrected chi connectivity index (χ2v) is 4.50. The number of thiocyanates is 1. The third kappa shape index (κ3) is 2.64. The number of quaternary nitrogens is 1. The van der Waals surface area contributed by atoms with Crippen molar-refractivity contribution >= 4 is 11.9 Å². The molecule has 72 valence electrons. The van der Waals surface area contributed by atoms with E-state index in [0.29, 0.717) is 0 Å². The van der Waals surface area contributed by atoms with Gasteiger partial charge < -0.3 is 4.90 Å². The fourth-order valence-electron chi connectivity index (χ4n) is 1.46. The predicted molar refractivity (Wildman–Crippen MR) is 55.0 cm³/mol. The highest BCUT2D eigenvalue weighted by molar-refractivity contribution is 7.98. The second-order valence-electron chi connectivity index (χ2n) is 3.41. The van der Waals surface area contributed by atoms with Crippen LogP contribution in [-0.2, 0) is 0 Å². The van der Waals surface area contributed by atoms with E-state index in [1.165, 1.54) is 24.8 Å². The van der Waals surface area contributed by atoms with Crippen LogP contribution in [0.1, 0.15) is 19.8 Å². The molecule has 0 spiro atoms. The van der Waals surface area contributed by atoms with Gasteiger partial charge in [0.1, 0.15) is 6.20 Å². The molecule has 1 rings (SSSR count). The summed E-state index contributed by atoms with van der Waals surface area (Å²) in [6, 6.07) is 0. The molecule has 0 N–H and O–H groups in total. The molecule has 0 aliphatic carbocycles. The van der Waals surface area contributed by atoms with Gasteiger partial charge in [-0.1, -0.05) is 13.3 Å². The van der Waals surface area contributed by atoms with Gasteiger partial charge in [-0.15, -0.1) is 0 Å². The fourth-order valence-corrected chi connectivity index (χ4v) is 2.20. The topological polar surface area (TPSA) is 27.0 Å². The second kappa shape index (κ2) is 4.54. The number of unbranched alkanes of at least 4 members (excludes halogenated alkanes) is 1. The van der Waals surface area contributed by atoms with Gasteiger partial charge in [0.25, 0.3) is 0 Å². The first-order valence-electron chi connectivity index (χ1n) is 4.56. The summed E-state index contributed by atoms with van der Waals surface area (Å²) in [6.45, 7) is 4.14. The van der Waals surface area contributed by atoms with Gasteiger partial charge in [0.15, 0.2) is 12.1 Å². The maximum absolute atomic E-state index is 8.72. The van der Waals surface area contributed by atoms with Crippen LogP contribution in [-0.4, -0.2) is 29.0 Å². The molecule has 13 heavy (non-hydrogen) atoms. The Morgan fingerprint density at radius 2 is 2.46 bits per heavy atom. The normalized spacial score (nSPS) is 26.4. The molecule has 0 bridgehead atoms. The molecular weight excluding hydrogens is 182 g/mol. The number of hydrogen-bond acceptors (Lipinski definition) is 3. The molecule has 1 unspecified atom stereocenters. The molecule has 0 radical (unpaired) electrons. The molecule has 0 fully saturated rings. The van der Waals surface area contributed by atoms with Crippen LogP contribution < -0.4 is 0 Å². The Bertz CT molecular complexity index is 234. The monoisotopic (exact) mass is 198 g/mol. The maximum Gasteiger partial charge on any atom is 0.202 e. The quantitative estimate of drug-likeness (QED) is 0.393. The summed E-state index contributed by atoms with van der Waals surface area (Å²) in [4.78, 5) is 2.12. The molecule has 0 saturated carbocycles. The average Bonchev–Trinajstić information content (AvgIpc) is 2.46. The number of hydrogen-bond donors (Lipinski definition) is 0. The molecule has 0 aromatic rings. The third-order valence-corrected chi connectivity index (χ3v) is 3.03. The minimum absolute atomic E-state index is 0.737. The highest BCUT2D eigenvalue weighted by Gasteiger charge is 2.32. The Morgan fingerprint density at radius 1 is 1.69 bits per heavy atom. The molecule has 1 aliphatic rings. The molecule has 0 aromatic heterocycles. The van der Waals surface area contributed by atoms with Crippen molar-refractivity contribution in [3.05, 3.63) is 12.4 Å². The van der Waals surface area contributed by atoms with Crippen molar-refractivity contribution < 1.29 is 3.89 Å². The van der Waals surface area contributed by atoms with E-state index in [1.807, 2.05) is 7.05 Å². The first-order valence-corrected chi connectivity index (χ1v) is 5.34. The maximum atomic E-state index is 8.72. The Labute approximate surface area is 84.3 Å². The Balaban J connectivity index is 2.56. The Kier molecular flexibility index (Phi) is 3.64. The van der Waals surface area contributed by atoms with Crippen LogP contribution in [0.25, 0.3) is 0 Å². The number of nitriles is 1. The van der Waals surface area contributed by atoms with Crippen LogP contribution in [0, 0.1) is 10.7 Å². The van der Waals surface area contributed by atoms with Crippen molar-refractivity contribution in [2.24, 2.45) is 0 Å². The molecular formula is C9H16N3S+. The van der Waals surface area contributed by atoms with E-state index in [2.05, 4.69) is 29.6 Å². The van der Waals surface area contributed by atoms with Crippen molar-refractivity contribution in [2.75, 3.05) is 20.3 Å². The summed E-state index contributed by atoms with van der Waals surface area (Å²) in [6.07, 6.45) is 6.53. The predicted octanol–water partition coefficient (Wildman–Crippen LogP) is 2.11. The molecule has 1 aliphatic heterocycles. The lowest BCUT2D eigenvalue weighted by Gasteiger charge is -2.26. The summed E-state index contributed by atoms with van der Waals surface area (Å²) >= 11 is 1.34. The van der Waals surface area contributed by atoms with E-state index in [9.17, 15) is 0 Å². The van der Waals surface area contributed by atoms with Gasteiger partial charge in [-0.3, -0.25) is 0 Å². The van der Waals surface area contributed by atoms with Gasteiger partial charge in [0.2, 0.25) is 11.9 Å². The molecule has 1 atom stereocenters. The van der Waals surface area contributed by atoms with Crippen molar-refractivity contribution in [2.45, 2.75) is 19.8 Å². The lowest BCUT2D eigenvalue weighted by molar-refractivity contribution is -0.742. The molecule has 0 aromatic carbocycles. The van der Waals surface area contributed by atoms with Crippen LogP contribution in [0.2, 0.25) is 0 Å². The number of rotatable bonds is 4. The highest BCUT2D eigenvalue weighted by Crippen LogP contribution is 2.28. The van der Waals surface area contributed by atoms with E-state index in [-0.39, 0.29) is 0 Å². The molecule has 0 amide bonds. The average molecular weight is 198 g/mol. The van der Waals surface area contributed by atoms with Crippen LogP contribution >= 0.6 is 11.9 Å². The van der Waals surface area contributed by atoms with Crippen LogP contribution in [0.3, 0.4) is 0 Å². The number of nitrogens with zero attached hydrogens (tertiary/aromatic N) is 3. The van der Waals surface area contributed by atoms with Gasteiger partial charge in [-0.2, -0.15) is 5.26 Å². The zero-order valence-corrected chi connectivity index (χ0v) is 9.05. The Morgan fingerprint density at radius 3 is 2.92 bits per heavy atom. The van der Waals surface area contributed by atoms with Crippen LogP contribution in [0.5, 0.6) is 0 Å². The molecule has 3 nitrogen and oxygen atoms in total. The summed E-state index contributed by atoms with van der Waals surface area (Å²) < 4.78 is 0.737. The van der Waals surface area contributed by atoms with E-state index in [0.717, 1.165) is 17.1 Å². The van der Waals surface area contributed by atoms with Crippen molar-refractivity contribution in [3.8, 4) is 5.40 Å². The summed E-state index contributed by atoms with van der Waals surface area (Å²) in [7, 11) is 2.04. The van der Waals surface area contributed by atoms with Gasteiger partial charge >= 0.3 is 0 Å². The van der Waals surface area contributed by atoms with E-state index < -0.39 is 0 Å². The minimum Gasteiger partial charge on any atom is -0.328 e. The summed E-state index contributed by atoms with van der Waals surface area (Å²) in [5.41, 5.74) is 0. The summed E-state index contributed by atoms with van der Waals surface area (Å²) in [5.74, 6) is 0. The van der Waals surface area contributed by atoms with Gasteiger partial charge in [-0.05, 0) is 6.42 Å². The molecule has 0 saturated heterocycles. The highest BCUT2D eigenvalue weighted by atomic mass is 32.2. The van der Waals surface area contributed by atoms with Crippen molar-refractivity contribution in [3.63, 3.8) is 0 Å². The molecule has 1 heterocycles. The van der Waals surface area contributed by atoms with Crippen molar-refractivity contribution in [1.82, 2.24) is 4.90 Å². The van der Waals surface area contributed by atoms with Gasteiger partial charge in [0.05, 0.1) is 12.7 Å². The summed E-state index contributed by atoms with van der Waals surface area (Å²) in [5, 5.41) is 10.9. The minimum atomic E-state index is 0.737. The van der Waals surface area contributed by atoms with E-state index in [1.54, 1.807) is 0 Å². The van der Waals surface area contributed by atoms with Gasteiger partial charge in [0, 0.05) is 7.05 Å². The van der Waals surface area contributed by atoms with E-state index in [4.69, 9.17) is 5.26 Å². The largest absolute Gasteiger partial charge is 0.328 e. The Hall–Kier alpha value is -0.660. The van der Waals surface area contributed by atoms with E-state index >= 15 is 0 Å². The van der Waals surface area contributed by atoms with Gasteiger partial charge in [-0.25, -0.2) is 3.89 Å². The van der Waals surface area contributed by atoms with Crippen LogP contribution in [0.4, 0.5) is 0 Å². The van der Waals surface area contributed by atoms with Crippen molar-refractivity contribution in [1.29, 1.82) is 5.26 Å². The third-order valence-electron chi connectivity index (χ3n) is 2.17. The lowest BCUT2D eigenvalue weighted by Crippen LogP contribution is -2.37. The fraction of sp³-hybridized carbons (Fsp3) is 0.667. The first-order chi connectivity index (χ1) is 6.22. The first kappa shape index (κ1) is 10.4. The zero-order valence-electron chi connectivity index (χ0n) is 8.23. The standard InChI is InChI=1S/C9H16N3S/c1-3-4-6-12(13-8-10)7-5-11(2)9-12/h5,7H,3-4,6,9H2,1-2H3/q+1. The zero-order chi connectivity index (χ0) is 9.73. The molecule has 4 heteroatoms.